The van der Waals surface area contributed by atoms with Crippen molar-refractivity contribution in [3.8, 4) is 0 Å². The van der Waals surface area contributed by atoms with Gasteiger partial charge in [-0.1, -0.05) is 82.4 Å². The Morgan fingerprint density at radius 1 is 0.769 bits per heavy atom. The first-order valence-corrected chi connectivity index (χ1v) is 12.5. The number of rotatable bonds is 4. The van der Waals surface area contributed by atoms with Crippen molar-refractivity contribution < 1.29 is 0 Å². The van der Waals surface area contributed by atoms with Crippen molar-refractivity contribution in [3.05, 3.63) is 47.1 Å². The fourth-order valence-electron chi connectivity index (χ4n) is 5.48. The van der Waals surface area contributed by atoms with Gasteiger partial charge in [-0.2, -0.15) is 0 Å². The van der Waals surface area contributed by atoms with Gasteiger partial charge in [-0.25, -0.2) is 0 Å². The van der Waals surface area contributed by atoms with Crippen LogP contribution in [-0.2, 0) is 0 Å². The van der Waals surface area contributed by atoms with Crippen molar-refractivity contribution >= 4 is 18.8 Å². The Hall–Kier alpha value is -0.870. The van der Waals surface area contributed by atoms with Crippen molar-refractivity contribution in [1.82, 2.24) is 0 Å². The maximum atomic E-state index is 2.53. The van der Waals surface area contributed by atoms with E-state index >= 15 is 0 Å². The first kappa shape index (κ1) is 18.5. The molecule has 3 aliphatic carbocycles. The van der Waals surface area contributed by atoms with Crippen molar-refractivity contribution in [1.29, 1.82) is 0 Å². The molecule has 1 heteroatoms. The Kier molecular flexibility index (Phi) is 6.00. The molecule has 140 valence electrons. The highest BCUT2D eigenvalue weighted by Crippen LogP contribution is 2.56. The third-order valence-corrected chi connectivity index (χ3v) is 10.7. The summed E-state index contributed by atoms with van der Waals surface area (Å²) in [5.74, 6) is 0. The highest BCUT2D eigenvalue weighted by molar-refractivity contribution is 7.67. The van der Waals surface area contributed by atoms with Gasteiger partial charge in [-0.3, -0.25) is 0 Å². The van der Waals surface area contributed by atoms with Crippen LogP contribution in [-0.4, -0.2) is 11.3 Å². The van der Waals surface area contributed by atoms with Gasteiger partial charge in [-0.05, 0) is 79.3 Å². The molecule has 3 aliphatic rings. The Morgan fingerprint density at radius 3 is 1.88 bits per heavy atom. The van der Waals surface area contributed by atoms with E-state index in [0.717, 1.165) is 17.7 Å². The molecule has 0 heterocycles. The largest absolute Gasteiger partial charge is 0.0769 e. The zero-order chi connectivity index (χ0) is 17.9. The summed E-state index contributed by atoms with van der Waals surface area (Å²) >= 11 is 0. The van der Waals surface area contributed by atoms with Gasteiger partial charge in [-0.15, -0.1) is 0 Å². The molecular formula is C25H35P. The summed E-state index contributed by atoms with van der Waals surface area (Å²) in [7, 11) is -0.0196. The summed E-state index contributed by atoms with van der Waals surface area (Å²) in [4.78, 5) is 0. The van der Waals surface area contributed by atoms with E-state index in [0.29, 0.717) is 0 Å². The lowest BCUT2D eigenvalue weighted by Gasteiger charge is -2.39. The zero-order valence-corrected chi connectivity index (χ0v) is 17.7. The molecule has 0 amide bonds. The number of allylic oxidation sites excluding steroid dienone is 4. The molecule has 0 unspecified atom stereocenters. The fourth-order valence-corrected chi connectivity index (χ4v) is 9.45. The van der Waals surface area contributed by atoms with Gasteiger partial charge in [0.05, 0.1) is 0 Å². The van der Waals surface area contributed by atoms with Crippen LogP contribution in [0.5, 0.6) is 0 Å². The Labute approximate surface area is 161 Å². The van der Waals surface area contributed by atoms with E-state index in [1.54, 1.807) is 22.0 Å². The van der Waals surface area contributed by atoms with Crippen LogP contribution in [0.1, 0.15) is 90.0 Å². The number of hydrogen-bond donors (Lipinski definition) is 0. The minimum absolute atomic E-state index is 0.0196. The molecule has 1 aromatic rings. The summed E-state index contributed by atoms with van der Waals surface area (Å²) in [6.07, 6.45) is 18.4. The van der Waals surface area contributed by atoms with E-state index in [-0.39, 0.29) is 7.92 Å². The highest BCUT2D eigenvalue weighted by atomic mass is 31.1. The Bertz CT molecular complexity index is 666. The third kappa shape index (κ3) is 3.73. The molecular weight excluding hydrogens is 331 g/mol. The minimum Gasteiger partial charge on any atom is -0.0769 e. The summed E-state index contributed by atoms with van der Waals surface area (Å²) in [6.45, 7) is 4.63. The molecule has 0 bridgehead atoms. The molecule has 0 atom stereocenters. The normalized spacial score (nSPS) is 23.0. The standard InChI is InChI=1S/C25H35P/c1-19-17-18-23(20(19)2)24-15-9-10-16-25(24)26(21-11-5-3-6-12-21)22-13-7-4-8-14-22/h9-10,15-17,21-22H,3-8,11-14,18H2,1-2H3. The molecule has 4 rings (SSSR count). The fraction of sp³-hybridized carbons (Fsp3) is 0.600. The molecule has 0 saturated heterocycles. The lowest BCUT2D eigenvalue weighted by Crippen LogP contribution is -2.27. The monoisotopic (exact) mass is 366 g/mol. The molecule has 0 spiro atoms. The van der Waals surface area contributed by atoms with E-state index in [9.17, 15) is 0 Å². The van der Waals surface area contributed by atoms with E-state index < -0.39 is 0 Å². The second-order valence-electron chi connectivity index (χ2n) is 8.70. The number of hydrogen-bond acceptors (Lipinski definition) is 0. The Morgan fingerprint density at radius 2 is 1.35 bits per heavy atom. The van der Waals surface area contributed by atoms with Gasteiger partial charge in [0.25, 0.3) is 0 Å². The van der Waals surface area contributed by atoms with Crippen LogP contribution in [0, 0.1) is 0 Å². The van der Waals surface area contributed by atoms with Crippen LogP contribution in [0.25, 0.3) is 5.57 Å². The molecule has 1 aromatic carbocycles. The van der Waals surface area contributed by atoms with Crippen LogP contribution in [0.4, 0.5) is 0 Å². The predicted molar refractivity (Wildman–Crippen MR) is 118 cm³/mol. The summed E-state index contributed by atoms with van der Waals surface area (Å²) < 4.78 is 0. The third-order valence-electron chi connectivity index (χ3n) is 7.10. The average Bonchev–Trinajstić information content (AvgIpc) is 3.03. The maximum Gasteiger partial charge on any atom is -0.00827 e. The molecule has 0 nitrogen and oxygen atoms in total. The van der Waals surface area contributed by atoms with Crippen LogP contribution in [0.3, 0.4) is 0 Å². The van der Waals surface area contributed by atoms with Crippen LogP contribution in [0.2, 0.25) is 0 Å². The molecule has 26 heavy (non-hydrogen) atoms. The van der Waals surface area contributed by atoms with Crippen molar-refractivity contribution in [2.45, 2.75) is 95.8 Å². The number of benzene rings is 1. The van der Waals surface area contributed by atoms with Crippen molar-refractivity contribution in [2.75, 3.05) is 0 Å². The second-order valence-corrected chi connectivity index (χ2v) is 11.5. The summed E-state index contributed by atoms with van der Waals surface area (Å²) in [6, 6.07) is 9.58. The topological polar surface area (TPSA) is 0 Å². The van der Waals surface area contributed by atoms with E-state index in [1.807, 2.05) is 0 Å². The van der Waals surface area contributed by atoms with Crippen LogP contribution < -0.4 is 5.30 Å². The molecule has 2 fully saturated rings. The molecule has 0 aliphatic heterocycles. The summed E-state index contributed by atoms with van der Waals surface area (Å²) in [5, 5.41) is 1.76. The smallest absolute Gasteiger partial charge is 0.00827 e. The molecule has 0 N–H and O–H groups in total. The van der Waals surface area contributed by atoms with E-state index in [4.69, 9.17) is 0 Å². The highest BCUT2D eigenvalue weighted by Gasteiger charge is 2.34. The Balaban J connectivity index is 1.74. The first-order chi connectivity index (χ1) is 12.8. The quantitative estimate of drug-likeness (QED) is 0.482. The first-order valence-electron chi connectivity index (χ1n) is 11.0. The molecule has 0 radical (unpaired) electrons. The minimum atomic E-state index is -0.0196. The SMILES string of the molecule is CC1=CCC(c2ccccc2P(C2CCCCC2)C2CCCCC2)=C1C. The van der Waals surface area contributed by atoms with Crippen LogP contribution >= 0.6 is 7.92 Å². The van der Waals surface area contributed by atoms with Gasteiger partial charge in [0.2, 0.25) is 0 Å². The second kappa shape index (κ2) is 8.43. The lowest BCUT2D eigenvalue weighted by molar-refractivity contribution is 0.487. The van der Waals surface area contributed by atoms with Crippen molar-refractivity contribution in [2.24, 2.45) is 0 Å². The lowest BCUT2D eigenvalue weighted by atomic mass is 9.99. The summed E-state index contributed by atoms with van der Waals surface area (Å²) in [5.41, 5.74) is 8.24. The van der Waals surface area contributed by atoms with Gasteiger partial charge in [0, 0.05) is 0 Å². The van der Waals surface area contributed by atoms with Gasteiger partial charge >= 0.3 is 0 Å². The van der Waals surface area contributed by atoms with Gasteiger partial charge in [0.15, 0.2) is 0 Å². The molecule has 0 aromatic heterocycles. The van der Waals surface area contributed by atoms with E-state index in [2.05, 4.69) is 44.2 Å². The zero-order valence-electron chi connectivity index (χ0n) is 16.8. The predicted octanol–water partition coefficient (Wildman–Crippen LogP) is 7.58. The van der Waals surface area contributed by atoms with Crippen molar-refractivity contribution in [3.63, 3.8) is 0 Å². The average molecular weight is 367 g/mol. The maximum absolute atomic E-state index is 2.53. The van der Waals surface area contributed by atoms with E-state index in [1.165, 1.54) is 69.8 Å². The van der Waals surface area contributed by atoms with Gasteiger partial charge in [0.1, 0.15) is 0 Å². The van der Waals surface area contributed by atoms with Crippen LogP contribution in [0.15, 0.2) is 41.5 Å². The molecule has 2 saturated carbocycles. The van der Waals surface area contributed by atoms with Gasteiger partial charge < -0.3 is 0 Å².